The van der Waals surface area contributed by atoms with Crippen molar-refractivity contribution in [3.05, 3.63) is 6.33 Å². The lowest BCUT2D eigenvalue weighted by molar-refractivity contribution is -0.149. The van der Waals surface area contributed by atoms with Gasteiger partial charge in [-0.2, -0.15) is 0 Å². The largest absolute Gasteiger partial charge is 0.458 e. The van der Waals surface area contributed by atoms with Crippen LogP contribution in [0.5, 0.6) is 0 Å². The smallest absolute Gasteiger partial charge is 0.328 e. The molecule has 2 heterocycles. The van der Waals surface area contributed by atoms with Gasteiger partial charge in [0, 0.05) is 6.42 Å². The molecule has 1 aromatic rings. The topological polar surface area (TPSA) is 92.3 Å². The van der Waals surface area contributed by atoms with E-state index in [2.05, 4.69) is 10.1 Å². The summed E-state index contributed by atoms with van der Waals surface area (Å²) in [7, 11) is 0. The van der Waals surface area contributed by atoms with E-state index < -0.39 is 0 Å². The van der Waals surface area contributed by atoms with Crippen LogP contribution in [0.15, 0.2) is 6.33 Å². The molecule has 1 atom stereocenters. The molecule has 1 unspecified atom stereocenters. The van der Waals surface area contributed by atoms with E-state index in [1.807, 2.05) is 0 Å². The highest BCUT2D eigenvalue weighted by Crippen LogP contribution is 2.08. The summed E-state index contributed by atoms with van der Waals surface area (Å²) in [6, 6.07) is 0. The molecule has 1 aromatic heterocycles. The van der Waals surface area contributed by atoms with E-state index >= 15 is 0 Å². The molecule has 1 aliphatic rings. The molecule has 0 amide bonds. The Kier molecular flexibility index (Phi) is 2.82. The molecule has 2 N–H and O–H groups in total. The molecular formula is C8H12N4O3. The summed E-state index contributed by atoms with van der Waals surface area (Å²) in [6.07, 6.45) is 2.02. The highest BCUT2D eigenvalue weighted by atomic mass is 16.6. The number of carbonyl (C=O) groups is 1. The third-order valence-electron chi connectivity index (χ3n) is 2.03. The molecule has 1 fully saturated rings. The SMILES string of the molecule is Nc1ncn(CC(=O)OC2CCOC2)n1. The Morgan fingerprint density at radius 1 is 1.80 bits per heavy atom. The van der Waals surface area contributed by atoms with Gasteiger partial charge in [0.2, 0.25) is 5.95 Å². The maximum Gasteiger partial charge on any atom is 0.328 e. The van der Waals surface area contributed by atoms with Gasteiger partial charge in [0.15, 0.2) is 0 Å². The van der Waals surface area contributed by atoms with Gasteiger partial charge in [-0.25, -0.2) is 9.67 Å². The van der Waals surface area contributed by atoms with Crippen LogP contribution < -0.4 is 5.73 Å². The van der Waals surface area contributed by atoms with Crippen LogP contribution in [0.1, 0.15) is 6.42 Å². The Morgan fingerprint density at radius 2 is 2.67 bits per heavy atom. The summed E-state index contributed by atoms with van der Waals surface area (Å²) in [4.78, 5) is 15.1. The Bertz CT molecular complexity index is 345. The molecule has 0 aromatic carbocycles. The number of esters is 1. The van der Waals surface area contributed by atoms with Gasteiger partial charge in [-0.1, -0.05) is 0 Å². The lowest BCUT2D eigenvalue weighted by atomic mass is 10.3. The highest BCUT2D eigenvalue weighted by molar-refractivity contribution is 5.69. The summed E-state index contributed by atoms with van der Waals surface area (Å²) in [6.45, 7) is 1.15. The van der Waals surface area contributed by atoms with E-state index in [9.17, 15) is 4.79 Å². The predicted octanol–water partition coefficient (Wildman–Crippen LogP) is -0.808. The fourth-order valence-corrected chi connectivity index (χ4v) is 1.35. The van der Waals surface area contributed by atoms with Crippen LogP contribution >= 0.6 is 0 Å². The van der Waals surface area contributed by atoms with E-state index in [4.69, 9.17) is 15.2 Å². The standard InChI is InChI=1S/C8H12N4O3/c9-8-10-5-12(11-8)3-7(13)15-6-1-2-14-4-6/h5-6H,1-4H2,(H2,9,11). The first-order chi connectivity index (χ1) is 7.24. The number of nitrogen functional groups attached to an aromatic ring is 1. The van der Waals surface area contributed by atoms with E-state index in [-0.39, 0.29) is 24.6 Å². The molecular weight excluding hydrogens is 200 g/mol. The van der Waals surface area contributed by atoms with Crippen LogP contribution in [-0.4, -0.2) is 40.1 Å². The number of anilines is 1. The Balaban J connectivity index is 1.81. The van der Waals surface area contributed by atoms with Crippen molar-refractivity contribution in [2.24, 2.45) is 0 Å². The molecule has 7 heteroatoms. The van der Waals surface area contributed by atoms with Crippen LogP contribution in [0.4, 0.5) is 5.95 Å². The van der Waals surface area contributed by atoms with Gasteiger partial charge in [-0.3, -0.25) is 4.79 Å². The van der Waals surface area contributed by atoms with Gasteiger partial charge in [0.25, 0.3) is 0 Å². The second-order valence-corrected chi connectivity index (χ2v) is 3.28. The number of hydrogen-bond donors (Lipinski definition) is 1. The zero-order chi connectivity index (χ0) is 10.7. The van der Waals surface area contributed by atoms with Gasteiger partial charge in [-0.15, -0.1) is 5.10 Å². The summed E-state index contributed by atoms with van der Waals surface area (Å²) >= 11 is 0. The molecule has 2 rings (SSSR count). The normalized spacial score (nSPS) is 20.4. The van der Waals surface area contributed by atoms with Crippen LogP contribution in [-0.2, 0) is 20.8 Å². The number of hydrogen-bond acceptors (Lipinski definition) is 6. The summed E-state index contributed by atoms with van der Waals surface area (Å²) in [5.74, 6) is -0.206. The van der Waals surface area contributed by atoms with Crippen LogP contribution in [0, 0.1) is 0 Å². The maximum atomic E-state index is 11.4. The number of nitrogens with two attached hydrogens (primary N) is 1. The summed E-state index contributed by atoms with van der Waals surface area (Å²) in [5, 5.41) is 3.78. The van der Waals surface area contributed by atoms with E-state index in [0.29, 0.717) is 13.2 Å². The Hall–Kier alpha value is -1.63. The number of nitrogens with zero attached hydrogens (tertiary/aromatic N) is 3. The molecule has 15 heavy (non-hydrogen) atoms. The molecule has 0 saturated carbocycles. The van der Waals surface area contributed by atoms with Crippen molar-refractivity contribution >= 4 is 11.9 Å². The minimum Gasteiger partial charge on any atom is -0.458 e. The average Bonchev–Trinajstić information content (AvgIpc) is 2.77. The van der Waals surface area contributed by atoms with Crippen molar-refractivity contribution in [2.45, 2.75) is 19.1 Å². The molecule has 0 bridgehead atoms. The Labute approximate surface area is 86.2 Å². The zero-order valence-electron chi connectivity index (χ0n) is 8.13. The quantitative estimate of drug-likeness (QED) is 0.659. The molecule has 1 saturated heterocycles. The van der Waals surface area contributed by atoms with Crippen molar-refractivity contribution < 1.29 is 14.3 Å². The first-order valence-corrected chi connectivity index (χ1v) is 4.66. The van der Waals surface area contributed by atoms with Crippen molar-refractivity contribution in [1.29, 1.82) is 0 Å². The highest BCUT2D eigenvalue weighted by Gasteiger charge is 2.20. The van der Waals surface area contributed by atoms with Gasteiger partial charge in [0.05, 0.1) is 13.2 Å². The number of aromatic nitrogens is 3. The van der Waals surface area contributed by atoms with Crippen molar-refractivity contribution in [1.82, 2.24) is 14.8 Å². The first-order valence-electron chi connectivity index (χ1n) is 4.66. The number of ether oxygens (including phenoxy) is 2. The third kappa shape index (κ3) is 2.66. The van der Waals surface area contributed by atoms with Gasteiger partial charge >= 0.3 is 5.97 Å². The Morgan fingerprint density at radius 3 is 3.27 bits per heavy atom. The lowest BCUT2D eigenvalue weighted by Crippen LogP contribution is -2.22. The fourth-order valence-electron chi connectivity index (χ4n) is 1.35. The van der Waals surface area contributed by atoms with E-state index in [1.165, 1.54) is 11.0 Å². The average molecular weight is 212 g/mol. The fraction of sp³-hybridized carbons (Fsp3) is 0.625. The van der Waals surface area contributed by atoms with Crippen molar-refractivity contribution in [2.75, 3.05) is 18.9 Å². The van der Waals surface area contributed by atoms with Crippen LogP contribution in [0.3, 0.4) is 0 Å². The van der Waals surface area contributed by atoms with Gasteiger partial charge in [-0.05, 0) is 0 Å². The van der Waals surface area contributed by atoms with Crippen LogP contribution in [0.2, 0.25) is 0 Å². The van der Waals surface area contributed by atoms with Gasteiger partial charge in [0.1, 0.15) is 19.0 Å². The van der Waals surface area contributed by atoms with Crippen molar-refractivity contribution in [3.8, 4) is 0 Å². The number of carbonyl (C=O) groups excluding carboxylic acids is 1. The monoisotopic (exact) mass is 212 g/mol. The molecule has 0 spiro atoms. The van der Waals surface area contributed by atoms with Crippen molar-refractivity contribution in [3.63, 3.8) is 0 Å². The zero-order valence-corrected chi connectivity index (χ0v) is 8.13. The third-order valence-corrected chi connectivity index (χ3v) is 2.03. The summed E-state index contributed by atoms with van der Waals surface area (Å²) < 4.78 is 11.6. The second kappa shape index (κ2) is 4.26. The van der Waals surface area contributed by atoms with Crippen LogP contribution in [0.25, 0.3) is 0 Å². The molecule has 0 radical (unpaired) electrons. The minimum absolute atomic E-state index is 0.0285. The molecule has 7 nitrogen and oxygen atoms in total. The molecule has 82 valence electrons. The predicted molar refractivity (Wildman–Crippen MR) is 49.8 cm³/mol. The van der Waals surface area contributed by atoms with Gasteiger partial charge < -0.3 is 15.2 Å². The minimum atomic E-state index is -0.351. The first kappa shape index (κ1) is 9.91. The lowest BCUT2D eigenvalue weighted by Gasteiger charge is -2.09. The maximum absolute atomic E-state index is 11.4. The van der Waals surface area contributed by atoms with E-state index in [0.717, 1.165) is 6.42 Å². The molecule has 0 aliphatic carbocycles. The second-order valence-electron chi connectivity index (χ2n) is 3.28. The summed E-state index contributed by atoms with van der Waals surface area (Å²) in [5.41, 5.74) is 5.30. The molecule has 1 aliphatic heterocycles. The van der Waals surface area contributed by atoms with E-state index in [1.54, 1.807) is 0 Å². The number of rotatable bonds is 3.